The van der Waals surface area contributed by atoms with Gasteiger partial charge in [0.25, 0.3) is 11.5 Å². The second kappa shape index (κ2) is 10.7. The van der Waals surface area contributed by atoms with Gasteiger partial charge in [-0.1, -0.05) is 29.3 Å². The van der Waals surface area contributed by atoms with Gasteiger partial charge < -0.3 is 14.0 Å². The molecule has 3 heterocycles. The van der Waals surface area contributed by atoms with Crippen molar-refractivity contribution in [1.29, 1.82) is 0 Å². The lowest BCUT2D eigenvalue weighted by molar-refractivity contribution is -0.124. The Kier molecular flexibility index (Phi) is 7.65. The zero-order chi connectivity index (χ0) is 26.9. The second-order valence-corrected chi connectivity index (χ2v) is 9.28. The number of nitrogens with zero attached hydrogens (tertiary/aromatic N) is 4. The molecule has 0 aliphatic carbocycles. The quantitative estimate of drug-likeness (QED) is 0.260. The molecule has 3 aromatic heterocycles. The molecule has 4 rings (SSSR count). The predicted octanol–water partition coefficient (Wildman–Crippen LogP) is 4.61. The monoisotopic (exact) mass is 542 g/mol. The van der Waals surface area contributed by atoms with Gasteiger partial charge >= 0.3 is 5.97 Å². The number of amides is 1. The number of hydrogen-bond acceptors (Lipinski definition) is 6. The van der Waals surface area contributed by atoms with Gasteiger partial charge in [-0.2, -0.15) is 4.99 Å². The maximum absolute atomic E-state index is 13.3. The van der Waals surface area contributed by atoms with Crippen LogP contribution in [0.5, 0.6) is 5.75 Å². The molecule has 0 N–H and O–H groups in total. The molecule has 0 unspecified atom stereocenters. The van der Waals surface area contributed by atoms with Crippen LogP contribution in [0, 0.1) is 0 Å². The number of pyridine rings is 2. The molecule has 0 aliphatic rings. The molecule has 0 saturated heterocycles. The zero-order valence-electron chi connectivity index (χ0n) is 20.6. The third-order valence-corrected chi connectivity index (χ3v) is 6.04. The van der Waals surface area contributed by atoms with Crippen LogP contribution < -0.4 is 15.8 Å². The van der Waals surface area contributed by atoms with Crippen molar-refractivity contribution < 1.29 is 19.1 Å². The highest BCUT2D eigenvalue weighted by Crippen LogP contribution is 2.28. The highest BCUT2D eigenvalue weighted by molar-refractivity contribution is 6.35. The first-order valence-corrected chi connectivity index (χ1v) is 12.3. The molecule has 192 valence electrons. The lowest BCUT2D eigenvalue weighted by atomic mass is 10.2. The SMILES string of the molecule is CCOC(=O)c1cc2c(=O)n3ccccc3nc2n(C(C)C)c1=NC(=O)[C@H](C)Oc1ccc(Cl)cc1Cl. The van der Waals surface area contributed by atoms with E-state index in [-0.39, 0.29) is 51.1 Å². The largest absolute Gasteiger partial charge is 0.479 e. The molecule has 9 nitrogen and oxygen atoms in total. The number of rotatable bonds is 6. The van der Waals surface area contributed by atoms with Crippen LogP contribution in [0.3, 0.4) is 0 Å². The fourth-order valence-electron chi connectivity index (χ4n) is 3.81. The van der Waals surface area contributed by atoms with Gasteiger partial charge in [-0.05, 0) is 64.1 Å². The Morgan fingerprint density at radius 2 is 1.86 bits per heavy atom. The zero-order valence-corrected chi connectivity index (χ0v) is 22.1. The van der Waals surface area contributed by atoms with Crippen molar-refractivity contribution in [3.05, 3.63) is 80.1 Å². The Hall–Kier alpha value is -3.69. The van der Waals surface area contributed by atoms with Crippen molar-refractivity contribution in [2.24, 2.45) is 4.99 Å². The van der Waals surface area contributed by atoms with Crippen LogP contribution in [-0.2, 0) is 9.53 Å². The number of benzene rings is 1. The number of carbonyl (C=O) groups is 2. The van der Waals surface area contributed by atoms with E-state index in [1.54, 1.807) is 48.0 Å². The van der Waals surface area contributed by atoms with E-state index in [1.807, 2.05) is 13.8 Å². The van der Waals surface area contributed by atoms with Gasteiger partial charge in [0.2, 0.25) is 0 Å². The maximum atomic E-state index is 13.3. The molecule has 1 amide bonds. The first-order valence-electron chi connectivity index (χ1n) is 11.6. The summed E-state index contributed by atoms with van der Waals surface area (Å²) in [5.41, 5.74) is 0.288. The summed E-state index contributed by atoms with van der Waals surface area (Å²) < 4.78 is 13.9. The van der Waals surface area contributed by atoms with Crippen molar-refractivity contribution in [2.45, 2.75) is 39.8 Å². The summed E-state index contributed by atoms with van der Waals surface area (Å²) in [5, 5.41) is 0.841. The minimum atomic E-state index is -1.06. The van der Waals surface area contributed by atoms with Gasteiger partial charge in [0.15, 0.2) is 11.6 Å². The normalized spacial score (nSPS) is 12.8. The molecule has 1 aromatic carbocycles. The molecular formula is C26H24Cl2N4O5. The minimum Gasteiger partial charge on any atom is -0.479 e. The summed E-state index contributed by atoms with van der Waals surface area (Å²) in [7, 11) is 0. The molecule has 0 fully saturated rings. The van der Waals surface area contributed by atoms with Gasteiger partial charge in [-0.3, -0.25) is 14.0 Å². The number of halogens is 2. The highest BCUT2D eigenvalue weighted by Gasteiger charge is 2.23. The van der Waals surface area contributed by atoms with Crippen LogP contribution in [0.1, 0.15) is 44.1 Å². The van der Waals surface area contributed by atoms with E-state index < -0.39 is 18.0 Å². The lowest BCUT2D eigenvalue weighted by Crippen LogP contribution is -2.35. The average molecular weight is 543 g/mol. The topological polar surface area (TPSA) is 104 Å². The van der Waals surface area contributed by atoms with Gasteiger partial charge in [0.05, 0.1) is 17.0 Å². The van der Waals surface area contributed by atoms with Crippen LogP contribution in [0.2, 0.25) is 10.0 Å². The van der Waals surface area contributed by atoms with Crippen LogP contribution in [0.25, 0.3) is 16.7 Å². The molecule has 0 aliphatic heterocycles. The molecule has 11 heteroatoms. The standard InChI is InChI=1S/C26H24Cl2N4O5/c1-5-36-26(35)18-13-17-22(29-21-8-6-7-11-31(21)25(17)34)32(14(2)3)23(18)30-24(33)15(4)37-20-10-9-16(27)12-19(20)28/h6-15H,5H2,1-4H3/t15-/m0/s1. The van der Waals surface area contributed by atoms with Crippen LogP contribution in [-0.4, -0.2) is 38.5 Å². The van der Waals surface area contributed by atoms with E-state index >= 15 is 0 Å². The van der Waals surface area contributed by atoms with Crippen LogP contribution >= 0.6 is 23.2 Å². The Morgan fingerprint density at radius 3 is 2.54 bits per heavy atom. The molecule has 0 spiro atoms. The van der Waals surface area contributed by atoms with Gasteiger partial charge in [-0.15, -0.1) is 0 Å². The summed E-state index contributed by atoms with van der Waals surface area (Å²) in [5.74, 6) is -1.15. The number of fused-ring (bicyclic) bond motifs is 2. The smallest absolute Gasteiger partial charge is 0.341 e. The Labute approximate surface area is 221 Å². The summed E-state index contributed by atoms with van der Waals surface area (Å²) in [6, 6.07) is 10.8. The first kappa shape index (κ1) is 26.4. The fourth-order valence-corrected chi connectivity index (χ4v) is 4.26. The van der Waals surface area contributed by atoms with E-state index in [0.717, 1.165) is 0 Å². The number of hydrogen-bond donors (Lipinski definition) is 0. The van der Waals surface area contributed by atoms with Gasteiger partial charge in [0.1, 0.15) is 22.6 Å². The molecular weight excluding hydrogens is 519 g/mol. The second-order valence-electron chi connectivity index (χ2n) is 8.43. The maximum Gasteiger partial charge on any atom is 0.341 e. The summed E-state index contributed by atoms with van der Waals surface area (Å²) in [6.07, 6.45) is 0.538. The van der Waals surface area contributed by atoms with E-state index in [0.29, 0.717) is 10.7 Å². The van der Waals surface area contributed by atoms with Crippen LogP contribution in [0.4, 0.5) is 0 Å². The number of esters is 1. The predicted molar refractivity (Wildman–Crippen MR) is 140 cm³/mol. The lowest BCUT2D eigenvalue weighted by Gasteiger charge is -2.18. The van der Waals surface area contributed by atoms with Crippen LogP contribution in [0.15, 0.2) is 58.4 Å². The molecule has 0 saturated carbocycles. The summed E-state index contributed by atoms with van der Waals surface area (Å²) in [6.45, 7) is 6.93. The molecule has 37 heavy (non-hydrogen) atoms. The Balaban J connectivity index is 1.96. The Morgan fingerprint density at radius 1 is 1.11 bits per heavy atom. The fraction of sp³-hybridized carbons (Fsp3) is 0.269. The van der Waals surface area contributed by atoms with Crippen molar-refractivity contribution in [3.8, 4) is 5.75 Å². The molecule has 1 atom stereocenters. The Bertz CT molecular complexity index is 1660. The van der Waals surface area contributed by atoms with E-state index in [9.17, 15) is 14.4 Å². The number of ether oxygens (including phenoxy) is 2. The van der Waals surface area contributed by atoms with Gasteiger partial charge in [-0.25, -0.2) is 9.78 Å². The summed E-state index contributed by atoms with van der Waals surface area (Å²) >= 11 is 12.1. The van der Waals surface area contributed by atoms with Crippen molar-refractivity contribution in [1.82, 2.24) is 14.0 Å². The molecule has 0 radical (unpaired) electrons. The van der Waals surface area contributed by atoms with E-state index in [4.69, 9.17) is 32.7 Å². The third kappa shape index (κ3) is 5.23. The molecule has 0 bridgehead atoms. The highest BCUT2D eigenvalue weighted by atomic mass is 35.5. The third-order valence-electron chi connectivity index (χ3n) is 5.51. The number of aromatic nitrogens is 3. The van der Waals surface area contributed by atoms with Crippen molar-refractivity contribution in [3.63, 3.8) is 0 Å². The van der Waals surface area contributed by atoms with E-state index in [1.165, 1.54) is 23.5 Å². The first-order chi connectivity index (χ1) is 17.6. The average Bonchev–Trinajstić information content (AvgIpc) is 2.85. The molecule has 4 aromatic rings. The van der Waals surface area contributed by atoms with E-state index in [2.05, 4.69) is 9.98 Å². The van der Waals surface area contributed by atoms with Gasteiger partial charge in [0, 0.05) is 17.3 Å². The van der Waals surface area contributed by atoms with Crippen molar-refractivity contribution >= 4 is 51.8 Å². The van der Waals surface area contributed by atoms with Crippen molar-refractivity contribution in [2.75, 3.05) is 6.61 Å². The summed E-state index contributed by atoms with van der Waals surface area (Å²) in [4.78, 5) is 48.4. The number of carbonyl (C=O) groups excluding carboxylic acids is 2. The minimum absolute atomic E-state index is 0.00999.